The van der Waals surface area contributed by atoms with Gasteiger partial charge in [-0.15, -0.1) is 0 Å². The van der Waals surface area contributed by atoms with E-state index in [4.69, 9.17) is 0 Å². The Balaban J connectivity index is 2.31. The van der Waals surface area contributed by atoms with Crippen molar-refractivity contribution in [3.8, 4) is 0 Å². The molecule has 1 aliphatic rings. The number of nitrogens with zero attached hydrogens (tertiary/aromatic N) is 2. The average molecular weight is 134 g/mol. The van der Waals surface area contributed by atoms with Gasteiger partial charge in [-0.25, -0.2) is 10.1 Å². The van der Waals surface area contributed by atoms with Gasteiger partial charge in [-0.1, -0.05) is 5.01 Å². The summed E-state index contributed by atoms with van der Waals surface area (Å²) in [6.07, 6.45) is 0. The third-order valence-electron chi connectivity index (χ3n) is 0.878. The van der Waals surface area contributed by atoms with Crippen molar-refractivity contribution in [2.24, 2.45) is 0 Å². The van der Waals surface area contributed by atoms with Gasteiger partial charge in [-0.05, 0) is 0 Å². The molecule has 9 heavy (non-hydrogen) atoms. The van der Waals surface area contributed by atoms with Crippen molar-refractivity contribution in [2.75, 3.05) is 20.3 Å². The van der Waals surface area contributed by atoms with Crippen LogP contribution < -0.4 is 0 Å². The first-order chi connectivity index (χ1) is 4.30. The summed E-state index contributed by atoms with van der Waals surface area (Å²) in [6, 6.07) is 0. The molecule has 1 heterocycles. The van der Waals surface area contributed by atoms with E-state index < -0.39 is 5.03 Å². The van der Waals surface area contributed by atoms with Gasteiger partial charge in [0.15, 0.2) is 25.3 Å². The van der Waals surface area contributed by atoms with Crippen molar-refractivity contribution >= 4 is 0 Å². The first kappa shape index (κ1) is 6.24. The molecule has 1 rings (SSSR count). The Labute approximate surface area is 51.1 Å². The normalized spacial score (nSPS) is 19.8. The van der Waals surface area contributed by atoms with E-state index in [0.717, 1.165) is 5.01 Å². The number of nitro groups is 1. The molecule has 6 heteroatoms. The zero-order chi connectivity index (χ0) is 6.69. The van der Waals surface area contributed by atoms with E-state index in [-0.39, 0.29) is 20.3 Å². The minimum absolute atomic E-state index is 0.00694. The van der Waals surface area contributed by atoms with E-state index >= 15 is 0 Å². The van der Waals surface area contributed by atoms with E-state index in [9.17, 15) is 10.1 Å². The Morgan fingerprint density at radius 1 is 1.44 bits per heavy atom. The van der Waals surface area contributed by atoms with Crippen LogP contribution in [0.2, 0.25) is 0 Å². The fraction of sp³-hybridized carbons (Fsp3) is 1.00. The van der Waals surface area contributed by atoms with Gasteiger partial charge in [0.2, 0.25) is 0 Å². The Morgan fingerprint density at radius 3 is 2.33 bits per heavy atom. The molecule has 1 saturated heterocycles. The van der Waals surface area contributed by atoms with E-state index in [1.807, 2.05) is 0 Å². The summed E-state index contributed by atoms with van der Waals surface area (Å²) < 4.78 is 9.21. The maximum absolute atomic E-state index is 9.93. The summed E-state index contributed by atoms with van der Waals surface area (Å²) in [5, 5.41) is 10.2. The van der Waals surface area contributed by atoms with Gasteiger partial charge in [0, 0.05) is 0 Å². The molecule has 1 aliphatic heterocycles. The Morgan fingerprint density at radius 2 is 2.00 bits per heavy atom. The average Bonchev–Trinajstić information content (AvgIpc) is 1.90. The smallest absolute Gasteiger partial charge is 0.182 e. The van der Waals surface area contributed by atoms with Gasteiger partial charge in [0.1, 0.15) is 0 Å². The van der Waals surface area contributed by atoms with E-state index in [1.54, 1.807) is 0 Å². The van der Waals surface area contributed by atoms with Gasteiger partial charge in [-0.3, -0.25) is 0 Å². The lowest BCUT2D eigenvalue weighted by atomic mass is 11.0. The fourth-order valence-corrected chi connectivity index (χ4v) is 0.476. The van der Waals surface area contributed by atoms with Crippen LogP contribution in [0, 0.1) is 10.1 Å². The van der Waals surface area contributed by atoms with Crippen molar-refractivity contribution in [2.45, 2.75) is 0 Å². The largest absolute Gasteiger partial charge is 0.329 e. The molecular weight excluding hydrogens is 128 g/mol. The quantitative estimate of drug-likeness (QED) is 0.354. The second kappa shape index (κ2) is 2.60. The maximum Gasteiger partial charge on any atom is 0.182 e. The maximum atomic E-state index is 9.93. The highest BCUT2D eigenvalue weighted by Crippen LogP contribution is 1.96. The molecule has 6 nitrogen and oxygen atoms in total. The van der Waals surface area contributed by atoms with Gasteiger partial charge >= 0.3 is 0 Å². The van der Waals surface area contributed by atoms with Gasteiger partial charge in [0.25, 0.3) is 0 Å². The highest BCUT2D eigenvalue weighted by Gasteiger charge is 2.17. The SMILES string of the molecule is O=[N+]([O-])N1COCOC1. The van der Waals surface area contributed by atoms with Crippen LogP contribution in [-0.2, 0) is 9.47 Å². The summed E-state index contributed by atoms with van der Waals surface area (Å²) in [6.45, 7) is 0.157. The molecular formula is C3H6N2O4. The van der Waals surface area contributed by atoms with Crippen LogP contribution in [0.25, 0.3) is 0 Å². The van der Waals surface area contributed by atoms with Crippen molar-refractivity contribution in [1.29, 1.82) is 0 Å². The highest BCUT2D eigenvalue weighted by atomic mass is 16.7. The van der Waals surface area contributed by atoms with Crippen molar-refractivity contribution < 1.29 is 14.5 Å². The first-order valence-electron chi connectivity index (χ1n) is 2.35. The number of ether oxygens (including phenoxy) is 2. The van der Waals surface area contributed by atoms with Crippen LogP contribution in [-0.4, -0.2) is 30.3 Å². The summed E-state index contributed by atoms with van der Waals surface area (Å²) in [5.74, 6) is 0. The Hall–Kier alpha value is -0.880. The van der Waals surface area contributed by atoms with Gasteiger partial charge in [0.05, 0.1) is 0 Å². The zero-order valence-corrected chi connectivity index (χ0v) is 4.65. The molecule has 52 valence electrons. The Kier molecular flexibility index (Phi) is 1.81. The summed E-state index contributed by atoms with van der Waals surface area (Å²) >= 11 is 0. The molecule has 0 atom stereocenters. The number of hydrogen-bond acceptors (Lipinski definition) is 4. The highest BCUT2D eigenvalue weighted by molar-refractivity contribution is 4.28. The lowest BCUT2D eigenvalue weighted by Crippen LogP contribution is -2.38. The van der Waals surface area contributed by atoms with Crippen LogP contribution in [0.5, 0.6) is 0 Å². The molecule has 0 aromatic rings. The van der Waals surface area contributed by atoms with E-state index in [1.165, 1.54) is 0 Å². The van der Waals surface area contributed by atoms with Crippen LogP contribution in [0.3, 0.4) is 0 Å². The molecule has 0 bridgehead atoms. The van der Waals surface area contributed by atoms with E-state index in [2.05, 4.69) is 9.47 Å². The third kappa shape index (κ3) is 1.51. The number of hydrazine groups is 1. The fourth-order valence-electron chi connectivity index (χ4n) is 0.476. The lowest BCUT2D eigenvalue weighted by molar-refractivity contribution is -0.681. The Bertz CT molecular complexity index is 110. The second-order valence-corrected chi connectivity index (χ2v) is 1.53. The first-order valence-corrected chi connectivity index (χ1v) is 2.35. The van der Waals surface area contributed by atoms with Crippen LogP contribution in [0.4, 0.5) is 0 Å². The zero-order valence-electron chi connectivity index (χ0n) is 4.65. The molecule has 0 aromatic carbocycles. The predicted molar refractivity (Wildman–Crippen MR) is 25.6 cm³/mol. The second-order valence-electron chi connectivity index (χ2n) is 1.53. The molecule has 0 unspecified atom stereocenters. The van der Waals surface area contributed by atoms with E-state index in [0.29, 0.717) is 0 Å². The van der Waals surface area contributed by atoms with Gasteiger partial charge in [-0.2, -0.15) is 0 Å². The van der Waals surface area contributed by atoms with Crippen molar-refractivity contribution in [3.63, 3.8) is 0 Å². The molecule has 0 radical (unpaired) electrons. The van der Waals surface area contributed by atoms with Crippen LogP contribution in [0.1, 0.15) is 0 Å². The summed E-state index contributed by atoms with van der Waals surface area (Å²) in [5.41, 5.74) is 0. The van der Waals surface area contributed by atoms with Crippen molar-refractivity contribution in [1.82, 2.24) is 5.01 Å². The molecule has 0 aliphatic carbocycles. The van der Waals surface area contributed by atoms with Crippen LogP contribution in [0.15, 0.2) is 0 Å². The van der Waals surface area contributed by atoms with Crippen molar-refractivity contribution in [3.05, 3.63) is 10.1 Å². The lowest BCUT2D eigenvalue weighted by Gasteiger charge is -2.18. The summed E-state index contributed by atoms with van der Waals surface area (Å²) in [7, 11) is 0. The minimum atomic E-state index is -0.556. The topological polar surface area (TPSA) is 64.8 Å². The molecule has 0 spiro atoms. The molecule has 0 N–H and O–H groups in total. The minimum Gasteiger partial charge on any atom is -0.329 e. The predicted octanol–water partition coefficient (Wildman–Crippen LogP) is -0.601. The number of rotatable bonds is 1. The summed E-state index contributed by atoms with van der Waals surface area (Å²) in [4.78, 5) is 9.93. The molecule has 0 saturated carbocycles. The standard InChI is InChI=1S/C3H6N2O4/c6-5(7)4-1-8-3-9-2-4/h1-3H2. The number of hydrogen-bond donors (Lipinski definition) is 0. The molecule has 0 aromatic heterocycles. The third-order valence-corrected chi connectivity index (χ3v) is 0.878. The molecule has 0 amide bonds. The van der Waals surface area contributed by atoms with Crippen LogP contribution >= 0.6 is 0 Å². The molecule has 1 fully saturated rings. The van der Waals surface area contributed by atoms with Gasteiger partial charge < -0.3 is 9.47 Å². The monoisotopic (exact) mass is 134 g/mol.